The molecule has 6 heteroatoms. The molecule has 0 unspecified atom stereocenters. The van der Waals surface area contributed by atoms with Crippen LogP contribution in [0.1, 0.15) is 0 Å². The third-order valence-corrected chi connectivity index (χ3v) is 1.09. The van der Waals surface area contributed by atoms with Crippen LogP contribution in [0.2, 0.25) is 0 Å². The molecule has 1 N–H and O–H groups in total. The summed E-state index contributed by atoms with van der Waals surface area (Å²) >= 11 is 0. The summed E-state index contributed by atoms with van der Waals surface area (Å²) in [5.41, 5.74) is 7.62. The monoisotopic (exact) mass is 328 g/mol. The van der Waals surface area contributed by atoms with Gasteiger partial charge in [-0.3, -0.25) is 0 Å². The third-order valence-electron chi connectivity index (χ3n) is 1.09. The number of ether oxygens (including phenoxy) is 1. The maximum Gasteiger partial charge on any atom is 2.00 e. The quantitative estimate of drug-likeness (QED) is 0.479. The van der Waals surface area contributed by atoms with Crippen molar-refractivity contribution in [3.05, 3.63) is 30.0 Å². The van der Waals surface area contributed by atoms with Crippen LogP contribution in [0.25, 0.3) is 5.73 Å². The van der Waals surface area contributed by atoms with Gasteiger partial charge in [0.05, 0.1) is 7.11 Å². The fraction of sp³-hybridized carbons (Fsp3) is 0.143. The molecule has 0 heterocycles. The van der Waals surface area contributed by atoms with Crippen LogP contribution in [0.5, 0.6) is 5.75 Å². The molecule has 0 saturated carbocycles. The van der Waals surface area contributed by atoms with Crippen LogP contribution >= 0.6 is 0 Å². The zero-order chi connectivity index (χ0) is 6.69. The second-order valence-corrected chi connectivity index (χ2v) is 1.73. The molecule has 0 atom stereocenters. The fourth-order valence-corrected chi connectivity index (χ4v) is 0.591. The van der Waals surface area contributed by atoms with E-state index < -0.39 is 0 Å². The molecular weight excluding hydrogens is 323 g/mol. The second kappa shape index (κ2) is 13.3. The first-order chi connectivity index (χ1) is 4.33. The van der Waals surface area contributed by atoms with Crippen LogP contribution < -0.4 is 38.7 Å². The van der Waals surface area contributed by atoms with Crippen molar-refractivity contribution in [3.8, 4) is 5.75 Å². The Morgan fingerprint density at radius 2 is 1.38 bits per heavy atom. The van der Waals surface area contributed by atoms with Crippen molar-refractivity contribution in [3.63, 3.8) is 0 Å². The molecular formula is C7H8Br2Mg2NO+. The number of hydrogen-bond acceptors (Lipinski definition) is 1. The molecule has 0 amide bonds. The van der Waals surface area contributed by atoms with Gasteiger partial charge in [0.25, 0.3) is 0 Å². The maximum atomic E-state index is 7.11. The van der Waals surface area contributed by atoms with Crippen LogP contribution in [0.15, 0.2) is 24.3 Å². The summed E-state index contributed by atoms with van der Waals surface area (Å²) in [6.07, 6.45) is 0. The van der Waals surface area contributed by atoms with E-state index in [-0.39, 0.29) is 80.1 Å². The van der Waals surface area contributed by atoms with Gasteiger partial charge in [0.2, 0.25) is 0 Å². The zero-order valence-electron chi connectivity index (χ0n) is 7.39. The summed E-state index contributed by atoms with van der Waals surface area (Å²) < 4.78 is 4.89. The maximum absolute atomic E-state index is 7.11. The Hall–Kier alpha value is 1.31. The Morgan fingerprint density at radius 1 is 1.00 bits per heavy atom. The van der Waals surface area contributed by atoms with E-state index in [9.17, 15) is 0 Å². The van der Waals surface area contributed by atoms with Gasteiger partial charge in [-0.25, -0.2) is 0 Å². The first-order valence-corrected chi connectivity index (χ1v) is 2.68. The molecule has 1 aromatic carbocycles. The summed E-state index contributed by atoms with van der Waals surface area (Å²) in [7, 11) is 1.61. The van der Waals surface area contributed by atoms with E-state index in [1.54, 1.807) is 31.4 Å². The van der Waals surface area contributed by atoms with E-state index in [0.29, 0.717) is 5.69 Å². The Labute approximate surface area is 132 Å². The van der Waals surface area contributed by atoms with E-state index in [0.717, 1.165) is 5.75 Å². The van der Waals surface area contributed by atoms with Crippen LogP contribution in [0.3, 0.4) is 0 Å². The van der Waals surface area contributed by atoms with Gasteiger partial charge in [0, 0.05) is 0 Å². The van der Waals surface area contributed by atoms with Crippen molar-refractivity contribution in [2.45, 2.75) is 0 Å². The molecule has 0 bridgehead atoms. The van der Waals surface area contributed by atoms with E-state index >= 15 is 0 Å². The molecule has 1 rings (SSSR count). The van der Waals surface area contributed by atoms with Gasteiger partial charge in [-0.1, -0.05) is 12.1 Å². The summed E-state index contributed by atoms with van der Waals surface area (Å²) in [6, 6.07) is 6.92. The SMILES string of the molecule is COc1ccc([NH-])cc1.[Br-].[Br-].[Mg+2].[Mg+2]. The van der Waals surface area contributed by atoms with Crippen molar-refractivity contribution in [2.24, 2.45) is 0 Å². The van der Waals surface area contributed by atoms with Crippen LogP contribution in [0.4, 0.5) is 5.69 Å². The average molecular weight is 331 g/mol. The normalized spacial score (nSPS) is 6.23. The molecule has 0 aromatic heterocycles. The van der Waals surface area contributed by atoms with E-state index in [4.69, 9.17) is 10.5 Å². The Bertz CT molecular complexity index is 196. The summed E-state index contributed by atoms with van der Waals surface area (Å²) in [4.78, 5) is 0. The van der Waals surface area contributed by atoms with Gasteiger partial charge < -0.3 is 44.4 Å². The largest absolute Gasteiger partial charge is 2.00 e. The molecule has 0 saturated heterocycles. The van der Waals surface area contributed by atoms with E-state index in [1.165, 1.54) is 0 Å². The average Bonchev–Trinajstić information content (AvgIpc) is 1.90. The summed E-state index contributed by atoms with van der Waals surface area (Å²) in [5.74, 6) is 0.797. The molecule has 64 valence electrons. The summed E-state index contributed by atoms with van der Waals surface area (Å²) in [5, 5.41) is 0. The number of hydrogen-bond donors (Lipinski definition) is 0. The molecule has 0 aliphatic rings. The van der Waals surface area contributed by atoms with Crippen LogP contribution in [-0.2, 0) is 0 Å². The van der Waals surface area contributed by atoms with E-state index in [2.05, 4.69) is 0 Å². The van der Waals surface area contributed by atoms with Crippen molar-refractivity contribution >= 4 is 51.8 Å². The number of benzene rings is 1. The molecule has 0 fully saturated rings. The molecule has 2 nitrogen and oxygen atoms in total. The molecule has 1 aromatic rings. The Morgan fingerprint density at radius 3 is 1.69 bits per heavy atom. The minimum atomic E-state index is 0. The van der Waals surface area contributed by atoms with Crippen molar-refractivity contribution in [2.75, 3.05) is 7.11 Å². The minimum Gasteiger partial charge on any atom is -1.00 e. The minimum absolute atomic E-state index is 0. The zero-order valence-corrected chi connectivity index (χ0v) is 13.4. The van der Waals surface area contributed by atoms with Gasteiger partial charge in [0.15, 0.2) is 0 Å². The van der Waals surface area contributed by atoms with Crippen LogP contribution in [0, 0.1) is 0 Å². The van der Waals surface area contributed by atoms with Gasteiger partial charge in [-0.2, -0.15) is 0 Å². The molecule has 0 aliphatic heterocycles. The fourth-order valence-electron chi connectivity index (χ4n) is 0.591. The standard InChI is InChI=1S/C7H8NO.2BrH.2Mg/c1-9-7-4-2-6(8)3-5-7;;;;/h2-5,8H,1H3;2*1H;;/q-1;;;2*+2/p-2. The molecule has 0 radical (unpaired) electrons. The number of halogens is 2. The number of rotatable bonds is 1. The van der Waals surface area contributed by atoms with Gasteiger partial charge in [-0.15, -0.1) is 5.69 Å². The predicted octanol–water partition coefficient (Wildman–Crippen LogP) is -4.37. The van der Waals surface area contributed by atoms with Crippen molar-refractivity contribution in [1.29, 1.82) is 0 Å². The smallest absolute Gasteiger partial charge is 1.00 e. The number of nitrogens with one attached hydrogen (secondary N) is 1. The number of methoxy groups -OCH3 is 1. The van der Waals surface area contributed by atoms with Crippen LogP contribution in [-0.4, -0.2) is 53.2 Å². The summed E-state index contributed by atoms with van der Waals surface area (Å²) in [6.45, 7) is 0. The predicted molar refractivity (Wildman–Crippen MR) is 48.5 cm³/mol. The molecule has 13 heavy (non-hydrogen) atoms. The van der Waals surface area contributed by atoms with Crippen molar-refractivity contribution < 1.29 is 38.7 Å². The second-order valence-electron chi connectivity index (χ2n) is 1.73. The Kier molecular flexibility index (Phi) is 24.4. The third kappa shape index (κ3) is 9.61. The van der Waals surface area contributed by atoms with Gasteiger partial charge in [0.1, 0.15) is 5.75 Å². The topological polar surface area (TPSA) is 33.0 Å². The van der Waals surface area contributed by atoms with Gasteiger partial charge >= 0.3 is 46.1 Å². The van der Waals surface area contributed by atoms with Gasteiger partial charge in [-0.05, 0) is 12.1 Å². The van der Waals surface area contributed by atoms with E-state index in [1.807, 2.05) is 0 Å². The van der Waals surface area contributed by atoms with Crippen molar-refractivity contribution in [1.82, 2.24) is 0 Å². The molecule has 0 spiro atoms. The first-order valence-electron chi connectivity index (χ1n) is 2.68. The first kappa shape index (κ1) is 23.9. The Balaban J connectivity index is -0.000000101. The molecule has 0 aliphatic carbocycles.